The molecular formula is C27H34N2O2. The third kappa shape index (κ3) is 4.36. The lowest BCUT2D eigenvalue weighted by molar-refractivity contribution is -0.0851. The summed E-state index contributed by atoms with van der Waals surface area (Å²) in [5.74, 6) is 1.54. The van der Waals surface area contributed by atoms with Crippen molar-refractivity contribution >= 4 is 6.09 Å². The van der Waals surface area contributed by atoms with Gasteiger partial charge >= 0.3 is 6.09 Å². The summed E-state index contributed by atoms with van der Waals surface area (Å²) in [6.07, 6.45) is 2.16. The molecule has 0 N–H and O–H groups in total. The van der Waals surface area contributed by atoms with Crippen LogP contribution in [0.15, 0.2) is 60.7 Å². The van der Waals surface area contributed by atoms with Crippen molar-refractivity contribution in [3.05, 3.63) is 71.8 Å². The van der Waals surface area contributed by atoms with Crippen LogP contribution in [0.2, 0.25) is 0 Å². The monoisotopic (exact) mass is 418 g/mol. The van der Waals surface area contributed by atoms with Crippen LogP contribution >= 0.6 is 0 Å². The molecule has 4 nitrogen and oxygen atoms in total. The Bertz CT molecular complexity index is 896. The van der Waals surface area contributed by atoms with Gasteiger partial charge in [0.15, 0.2) is 0 Å². The van der Waals surface area contributed by atoms with Crippen molar-refractivity contribution < 1.29 is 9.53 Å². The van der Waals surface area contributed by atoms with E-state index < -0.39 is 5.60 Å². The largest absolute Gasteiger partial charge is 0.444 e. The Kier molecular flexibility index (Phi) is 5.29. The first-order valence-electron chi connectivity index (χ1n) is 11.7. The molecule has 2 aromatic rings. The summed E-state index contributed by atoms with van der Waals surface area (Å²) in [5, 5.41) is 0. The lowest BCUT2D eigenvalue weighted by atomic mass is 9.65. The predicted octanol–water partition coefficient (Wildman–Crippen LogP) is 5.30. The van der Waals surface area contributed by atoms with Crippen molar-refractivity contribution in [3.8, 4) is 0 Å². The van der Waals surface area contributed by atoms with Gasteiger partial charge in [0, 0.05) is 37.6 Å². The van der Waals surface area contributed by atoms with Gasteiger partial charge in [0.1, 0.15) is 5.60 Å². The number of benzene rings is 2. The molecule has 2 saturated carbocycles. The number of nitrogens with zero attached hydrogens (tertiary/aromatic N) is 2. The van der Waals surface area contributed by atoms with Crippen LogP contribution in [0.3, 0.4) is 0 Å². The third-order valence-electron chi connectivity index (χ3n) is 7.07. The molecule has 4 fully saturated rings. The molecule has 0 radical (unpaired) electrons. The average Bonchev–Trinajstić information content (AvgIpc) is 3.52. The maximum Gasteiger partial charge on any atom is 0.410 e. The minimum absolute atomic E-state index is 0.118. The molecule has 6 rings (SSSR count). The summed E-state index contributed by atoms with van der Waals surface area (Å²) in [5.41, 5.74) is 2.25. The molecule has 2 aliphatic carbocycles. The Morgan fingerprint density at radius 2 is 1.58 bits per heavy atom. The second kappa shape index (κ2) is 7.98. The highest BCUT2D eigenvalue weighted by molar-refractivity contribution is 5.70. The topological polar surface area (TPSA) is 32.8 Å². The van der Waals surface area contributed by atoms with E-state index in [1.165, 1.54) is 17.5 Å². The number of piperidine rings is 2. The fraction of sp³-hybridized carbons (Fsp3) is 0.519. The van der Waals surface area contributed by atoms with Gasteiger partial charge in [-0.2, -0.15) is 0 Å². The standard InChI is InChI=1S/C27H34N2O2/c1-27(2,3)31-26(30)29(24-15-23(24)20-12-8-5-9-13-20)25-21-14-22(25)18-28(17-21)16-19-10-6-4-7-11-19/h4-13,21-25H,14-18H2,1-3H3/t21-,22+,23-,24+,25-/m0/s1. The summed E-state index contributed by atoms with van der Waals surface area (Å²) in [7, 11) is 0. The van der Waals surface area contributed by atoms with E-state index in [0.29, 0.717) is 23.8 Å². The number of carbonyl (C=O) groups excluding carboxylic acids is 1. The Morgan fingerprint density at radius 1 is 0.968 bits per heavy atom. The van der Waals surface area contributed by atoms with Crippen molar-refractivity contribution in [1.82, 2.24) is 9.80 Å². The first-order valence-corrected chi connectivity index (χ1v) is 11.7. The molecule has 0 aromatic heterocycles. The maximum atomic E-state index is 13.3. The maximum absolute atomic E-state index is 13.3. The number of rotatable bonds is 5. The number of hydrogen-bond acceptors (Lipinski definition) is 3. The number of amides is 1. The molecule has 4 heteroatoms. The van der Waals surface area contributed by atoms with Gasteiger partial charge in [-0.1, -0.05) is 60.7 Å². The molecule has 2 saturated heterocycles. The minimum atomic E-state index is -0.468. The summed E-state index contributed by atoms with van der Waals surface area (Å²) < 4.78 is 5.90. The van der Waals surface area contributed by atoms with Crippen LogP contribution in [-0.2, 0) is 11.3 Å². The SMILES string of the molecule is CC(C)(C)OC(=O)N([C@@H]1[C@@H]2C[C@H]1CN(Cc1ccccc1)C2)[C@@H]1C[C@H]1c1ccccc1. The summed E-state index contributed by atoms with van der Waals surface area (Å²) in [6, 6.07) is 22.0. The lowest BCUT2D eigenvalue weighted by Gasteiger charge is -2.57. The average molecular weight is 419 g/mol. The Morgan fingerprint density at radius 3 is 2.19 bits per heavy atom. The lowest BCUT2D eigenvalue weighted by Crippen LogP contribution is -2.66. The van der Waals surface area contributed by atoms with Gasteiger partial charge in [-0.3, -0.25) is 4.90 Å². The third-order valence-corrected chi connectivity index (χ3v) is 7.07. The molecule has 0 spiro atoms. The van der Waals surface area contributed by atoms with Crippen molar-refractivity contribution in [2.24, 2.45) is 11.8 Å². The van der Waals surface area contributed by atoms with E-state index in [1.807, 2.05) is 20.8 Å². The molecule has 2 bridgehead atoms. The van der Waals surface area contributed by atoms with E-state index in [1.54, 1.807) is 0 Å². The number of carbonyl (C=O) groups is 1. The smallest absolute Gasteiger partial charge is 0.410 e. The highest BCUT2D eigenvalue weighted by Crippen LogP contribution is 2.52. The van der Waals surface area contributed by atoms with Crippen LogP contribution in [0.5, 0.6) is 0 Å². The Balaban J connectivity index is 1.31. The second-order valence-corrected chi connectivity index (χ2v) is 10.6. The minimum Gasteiger partial charge on any atom is -0.444 e. The molecule has 4 aliphatic rings. The highest BCUT2D eigenvalue weighted by Gasteiger charge is 2.57. The molecular weight excluding hydrogens is 384 g/mol. The van der Waals surface area contributed by atoms with E-state index in [4.69, 9.17) is 4.74 Å². The van der Waals surface area contributed by atoms with E-state index in [2.05, 4.69) is 70.5 Å². The fourth-order valence-corrected chi connectivity index (χ4v) is 5.72. The quantitative estimate of drug-likeness (QED) is 0.660. The van der Waals surface area contributed by atoms with Crippen LogP contribution in [0.25, 0.3) is 0 Å². The van der Waals surface area contributed by atoms with E-state index in [-0.39, 0.29) is 12.1 Å². The number of fused-ring (bicyclic) bond motifs is 2. The summed E-state index contributed by atoms with van der Waals surface area (Å²) in [6.45, 7) is 9.04. The van der Waals surface area contributed by atoms with Crippen molar-refractivity contribution in [3.63, 3.8) is 0 Å². The van der Waals surface area contributed by atoms with Crippen LogP contribution in [0, 0.1) is 11.8 Å². The molecule has 2 heterocycles. The van der Waals surface area contributed by atoms with E-state index in [9.17, 15) is 4.79 Å². The molecule has 5 atom stereocenters. The van der Waals surface area contributed by atoms with Crippen LogP contribution in [0.4, 0.5) is 4.79 Å². The normalized spacial score (nSPS) is 29.7. The van der Waals surface area contributed by atoms with Crippen molar-refractivity contribution in [1.29, 1.82) is 0 Å². The van der Waals surface area contributed by atoms with E-state index >= 15 is 0 Å². The zero-order valence-corrected chi connectivity index (χ0v) is 18.9. The van der Waals surface area contributed by atoms with Gasteiger partial charge in [-0.15, -0.1) is 0 Å². The summed E-state index contributed by atoms with van der Waals surface area (Å²) >= 11 is 0. The van der Waals surface area contributed by atoms with Crippen LogP contribution < -0.4 is 0 Å². The number of ether oxygens (including phenoxy) is 1. The first kappa shape index (κ1) is 20.6. The fourth-order valence-electron chi connectivity index (χ4n) is 5.72. The van der Waals surface area contributed by atoms with Crippen LogP contribution in [0.1, 0.15) is 50.7 Å². The predicted molar refractivity (Wildman–Crippen MR) is 123 cm³/mol. The molecule has 0 unspecified atom stereocenters. The number of hydrogen-bond donors (Lipinski definition) is 0. The highest BCUT2D eigenvalue weighted by atomic mass is 16.6. The summed E-state index contributed by atoms with van der Waals surface area (Å²) in [4.78, 5) is 18.1. The molecule has 1 amide bonds. The van der Waals surface area contributed by atoms with Gasteiger partial charge in [-0.05, 0) is 56.6 Å². The molecule has 2 aromatic carbocycles. The van der Waals surface area contributed by atoms with Crippen molar-refractivity contribution in [2.45, 2.75) is 63.8 Å². The van der Waals surface area contributed by atoms with Crippen molar-refractivity contribution in [2.75, 3.05) is 13.1 Å². The zero-order valence-electron chi connectivity index (χ0n) is 18.9. The van der Waals surface area contributed by atoms with Gasteiger partial charge in [-0.25, -0.2) is 4.79 Å². The first-order chi connectivity index (χ1) is 14.9. The van der Waals surface area contributed by atoms with Gasteiger partial charge in [0.05, 0.1) is 0 Å². The van der Waals surface area contributed by atoms with Gasteiger partial charge in [0.2, 0.25) is 0 Å². The molecule has 164 valence electrons. The zero-order chi connectivity index (χ0) is 21.6. The van der Waals surface area contributed by atoms with Gasteiger partial charge < -0.3 is 9.64 Å². The van der Waals surface area contributed by atoms with Crippen LogP contribution in [-0.4, -0.2) is 46.7 Å². The van der Waals surface area contributed by atoms with E-state index in [0.717, 1.165) is 26.1 Å². The molecule has 31 heavy (non-hydrogen) atoms. The Hall–Kier alpha value is -2.33. The molecule has 2 aliphatic heterocycles. The Labute approximate surface area is 186 Å². The van der Waals surface area contributed by atoms with Gasteiger partial charge in [0.25, 0.3) is 0 Å². The second-order valence-electron chi connectivity index (χ2n) is 10.6.